The molecule has 0 fully saturated rings. The van der Waals surface area contributed by atoms with Crippen LogP contribution in [0.2, 0.25) is 0 Å². The number of hydrogen-bond acceptors (Lipinski definition) is 5. The summed E-state index contributed by atoms with van der Waals surface area (Å²) < 4.78 is 33.7. The molecule has 1 amide bonds. The Morgan fingerprint density at radius 2 is 2.00 bits per heavy atom. The molecule has 0 saturated heterocycles. The minimum atomic E-state index is -5.21. The van der Waals surface area contributed by atoms with E-state index in [9.17, 15) is 27.2 Å². The van der Waals surface area contributed by atoms with Crippen LogP contribution in [0.25, 0.3) is 0 Å². The Bertz CT molecular complexity index is 568. The van der Waals surface area contributed by atoms with Crippen LogP contribution in [0.4, 0.5) is 9.57 Å². The molecule has 0 aliphatic carbocycles. The highest BCUT2D eigenvalue weighted by atomic mass is 32.3. The fraction of sp³-hybridized carbons (Fsp3) is 0. The average Bonchev–Trinajstić information content (AvgIpc) is 2.15. The van der Waals surface area contributed by atoms with Crippen molar-refractivity contribution in [3.8, 4) is 0 Å². The molecule has 86 valence electrons. The van der Waals surface area contributed by atoms with Gasteiger partial charge in [-0.05, 0) is 12.1 Å². The van der Waals surface area contributed by atoms with Gasteiger partial charge in [0.1, 0.15) is 0 Å². The molecule has 1 aromatic carbocycles. The number of primary amides is 1. The van der Waals surface area contributed by atoms with Gasteiger partial charge in [0.05, 0.1) is 4.92 Å². The van der Waals surface area contributed by atoms with Crippen LogP contribution in [0.3, 0.4) is 0 Å². The van der Waals surface area contributed by atoms with Crippen LogP contribution in [0.5, 0.6) is 0 Å². The summed E-state index contributed by atoms with van der Waals surface area (Å²) >= 11 is 0. The molecule has 0 saturated carbocycles. The summed E-state index contributed by atoms with van der Waals surface area (Å²) in [5.41, 5.74) is 3.53. The molecule has 0 spiro atoms. The number of nitro benzene ring substituents is 1. The zero-order valence-corrected chi connectivity index (χ0v) is 8.40. The Morgan fingerprint density at radius 3 is 2.38 bits per heavy atom. The topological polar surface area (TPSA) is 120 Å². The minimum absolute atomic E-state index is 0.279. The molecule has 0 radical (unpaired) electrons. The average molecular weight is 248 g/mol. The van der Waals surface area contributed by atoms with Gasteiger partial charge in [-0.2, -0.15) is 8.42 Å². The maximum atomic E-state index is 12.6. The minimum Gasteiger partial charge on any atom is -0.366 e. The number of carbonyl (C=O) groups excluding carboxylic acids is 1. The van der Waals surface area contributed by atoms with E-state index in [-0.39, 0.29) is 5.56 Å². The predicted molar refractivity (Wildman–Crippen MR) is 49.9 cm³/mol. The van der Waals surface area contributed by atoms with Gasteiger partial charge >= 0.3 is 10.2 Å². The molecule has 0 heterocycles. The predicted octanol–water partition coefficient (Wildman–Crippen LogP) is 0.352. The van der Waals surface area contributed by atoms with Crippen LogP contribution in [0.15, 0.2) is 23.1 Å². The number of nitro groups is 1. The molecular weight excluding hydrogens is 243 g/mol. The highest BCUT2D eigenvalue weighted by molar-refractivity contribution is 7.86. The standard InChI is InChI=1S/C7H5FN2O5S/c8-16(14,15)6-2-1-4(7(9)11)3-5(6)10(12)13/h1-3H,(H2,9,11). The van der Waals surface area contributed by atoms with E-state index in [4.69, 9.17) is 5.73 Å². The smallest absolute Gasteiger partial charge is 0.338 e. The zero-order valence-electron chi connectivity index (χ0n) is 7.58. The first-order valence-corrected chi connectivity index (χ1v) is 5.14. The number of carbonyl (C=O) groups is 1. The maximum absolute atomic E-state index is 12.6. The third-order valence-electron chi connectivity index (χ3n) is 1.70. The van der Waals surface area contributed by atoms with Crippen molar-refractivity contribution in [1.82, 2.24) is 0 Å². The number of rotatable bonds is 3. The molecule has 1 aromatic rings. The van der Waals surface area contributed by atoms with Gasteiger partial charge in [0.15, 0.2) is 4.90 Å². The summed E-state index contributed by atoms with van der Waals surface area (Å²) in [4.78, 5) is 18.9. The number of halogens is 1. The second kappa shape index (κ2) is 3.85. The van der Waals surface area contributed by atoms with E-state index in [1.165, 1.54) is 0 Å². The van der Waals surface area contributed by atoms with Gasteiger partial charge in [0.25, 0.3) is 5.69 Å². The number of nitrogens with zero attached hydrogens (tertiary/aromatic N) is 1. The number of hydrogen-bond donors (Lipinski definition) is 1. The van der Waals surface area contributed by atoms with E-state index < -0.39 is 31.6 Å². The van der Waals surface area contributed by atoms with Crippen molar-refractivity contribution in [3.05, 3.63) is 33.9 Å². The van der Waals surface area contributed by atoms with Gasteiger partial charge in [0.2, 0.25) is 5.91 Å². The SMILES string of the molecule is NC(=O)c1ccc(S(=O)(=O)F)c([N+](=O)[O-])c1. The molecular formula is C7H5FN2O5S. The van der Waals surface area contributed by atoms with E-state index in [0.717, 1.165) is 6.07 Å². The maximum Gasteiger partial charge on any atom is 0.338 e. The Hall–Kier alpha value is -2.03. The molecule has 9 heteroatoms. The lowest BCUT2D eigenvalue weighted by Gasteiger charge is -1.99. The Morgan fingerprint density at radius 1 is 1.44 bits per heavy atom. The van der Waals surface area contributed by atoms with E-state index in [1.54, 1.807) is 0 Å². The lowest BCUT2D eigenvalue weighted by Crippen LogP contribution is -2.12. The fourth-order valence-electron chi connectivity index (χ4n) is 1.02. The first-order valence-electron chi connectivity index (χ1n) is 3.76. The van der Waals surface area contributed by atoms with Crippen LogP contribution in [-0.2, 0) is 10.2 Å². The van der Waals surface area contributed by atoms with Gasteiger partial charge in [-0.1, -0.05) is 0 Å². The number of nitrogens with two attached hydrogens (primary N) is 1. The van der Waals surface area contributed by atoms with Gasteiger partial charge in [-0.3, -0.25) is 14.9 Å². The highest BCUT2D eigenvalue weighted by Crippen LogP contribution is 2.26. The van der Waals surface area contributed by atoms with Crippen LogP contribution < -0.4 is 5.73 Å². The van der Waals surface area contributed by atoms with Crippen molar-refractivity contribution < 1.29 is 22.0 Å². The van der Waals surface area contributed by atoms with Crippen molar-refractivity contribution in [3.63, 3.8) is 0 Å². The molecule has 0 aliphatic rings. The molecule has 0 unspecified atom stereocenters. The summed E-state index contributed by atoms with van der Waals surface area (Å²) in [6.07, 6.45) is 0. The molecule has 1 rings (SSSR count). The molecule has 7 nitrogen and oxygen atoms in total. The van der Waals surface area contributed by atoms with Crippen molar-refractivity contribution in [1.29, 1.82) is 0 Å². The van der Waals surface area contributed by atoms with Crippen LogP contribution >= 0.6 is 0 Å². The molecule has 0 aliphatic heterocycles. The van der Waals surface area contributed by atoms with E-state index in [1.807, 2.05) is 0 Å². The van der Waals surface area contributed by atoms with Gasteiger partial charge < -0.3 is 5.73 Å². The third kappa shape index (κ3) is 2.31. The fourth-order valence-corrected chi connectivity index (χ4v) is 1.63. The third-order valence-corrected chi connectivity index (χ3v) is 2.57. The molecule has 16 heavy (non-hydrogen) atoms. The molecule has 0 aromatic heterocycles. The van der Waals surface area contributed by atoms with Crippen LogP contribution in [-0.4, -0.2) is 19.2 Å². The molecule has 2 N–H and O–H groups in total. The molecule has 0 bridgehead atoms. The summed E-state index contributed by atoms with van der Waals surface area (Å²) in [5.74, 6) is -0.981. The second-order valence-corrected chi connectivity index (χ2v) is 4.06. The van der Waals surface area contributed by atoms with Crippen molar-refractivity contribution in [2.45, 2.75) is 4.90 Å². The van der Waals surface area contributed by atoms with Crippen molar-refractivity contribution >= 4 is 21.8 Å². The largest absolute Gasteiger partial charge is 0.366 e. The normalized spacial score (nSPS) is 11.1. The van der Waals surface area contributed by atoms with Gasteiger partial charge in [-0.25, -0.2) is 0 Å². The van der Waals surface area contributed by atoms with E-state index in [2.05, 4.69) is 0 Å². The quantitative estimate of drug-likeness (QED) is 0.470. The Labute approximate surface area is 89.0 Å². The Kier molecular flexibility index (Phi) is 2.90. The van der Waals surface area contributed by atoms with Crippen LogP contribution in [0, 0.1) is 10.1 Å². The number of benzene rings is 1. The van der Waals surface area contributed by atoms with E-state index >= 15 is 0 Å². The van der Waals surface area contributed by atoms with Crippen molar-refractivity contribution in [2.75, 3.05) is 0 Å². The summed E-state index contributed by atoms with van der Waals surface area (Å²) in [6.45, 7) is 0. The van der Waals surface area contributed by atoms with Crippen molar-refractivity contribution in [2.24, 2.45) is 5.73 Å². The first-order chi connectivity index (χ1) is 7.23. The summed E-state index contributed by atoms with van der Waals surface area (Å²) in [5, 5.41) is 10.5. The first kappa shape index (κ1) is 12.0. The highest BCUT2D eigenvalue weighted by Gasteiger charge is 2.26. The Balaban J connectivity index is 3.55. The summed E-state index contributed by atoms with van der Waals surface area (Å²) in [7, 11) is -5.21. The molecule has 0 atom stereocenters. The number of amides is 1. The lowest BCUT2D eigenvalue weighted by atomic mass is 10.2. The lowest BCUT2D eigenvalue weighted by molar-refractivity contribution is -0.387. The van der Waals surface area contributed by atoms with Gasteiger partial charge in [0, 0.05) is 11.6 Å². The monoisotopic (exact) mass is 248 g/mol. The zero-order chi connectivity index (χ0) is 12.5. The summed E-state index contributed by atoms with van der Waals surface area (Å²) in [6, 6.07) is 2.12. The second-order valence-electron chi connectivity index (χ2n) is 2.74. The van der Waals surface area contributed by atoms with E-state index in [0.29, 0.717) is 12.1 Å². The van der Waals surface area contributed by atoms with Crippen LogP contribution in [0.1, 0.15) is 10.4 Å². The van der Waals surface area contributed by atoms with Gasteiger partial charge in [-0.15, -0.1) is 3.89 Å².